The summed E-state index contributed by atoms with van der Waals surface area (Å²) in [4.78, 5) is 2.09. The lowest BCUT2D eigenvalue weighted by Gasteiger charge is -2.34. The van der Waals surface area contributed by atoms with Gasteiger partial charge in [-0.25, -0.2) is 0 Å². The summed E-state index contributed by atoms with van der Waals surface area (Å²) in [6, 6.07) is 8.40. The van der Waals surface area contributed by atoms with E-state index in [2.05, 4.69) is 24.0 Å². The summed E-state index contributed by atoms with van der Waals surface area (Å²) in [5.74, 6) is 1.70. The van der Waals surface area contributed by atoms with Crippen molar-refractivity contribution in [2.24, 2.45) is 11.7 Å². The predicted molar refractivity (Wildman–Crippen MR) is 80.8 cm³/mol. The van der Waals surface area contributed by atoms with E-state index < -0.39 is 0 Å². The average molecular weight is 262 g/mol. The first kappa shape index (κ1) is 14.2. The van der Waals surface area contributed by atoms with Gasteiger partial charge in [0.05, 0.1) is 0 Å². The number of hydrogen-bond acceptors (Lipinski definition) is 3. The van der Waals surface area contributed by atoms with Crippen molar-refractivity contribution in [3.63, 3.8) is 0 Å². The van der Waals surface area contributed by atoms with Crippen molar-refractivity contribution in [3.05, 3.63) is 24.3 Å². The Morgan fingerprint density at radius 3 is 2.79 bits per heavy atom. The van der Waals surface area contributed by atoms with E-state index in [4.69, 9.17) is 10.5 Å². The van der Waals surface area contributed by atoms with Gasteiger partial charge in [-0.15, -0.1) is 0 Å². The lowest BCUT2D eigenvalue weighted by molar-refractivity contribution is 0.101. The predicted octanol–water partition coefficient (Wildman–Crippen LogP) is 3.04. The molecule has 0 heterocycles. The molecule has 1 aromatic carbocycles. The van der Waals surface area contributed by atoms with E-state index in [1.165, 1.54) is 12.8 Å². The average Bonchev–Trinajstić information content (AvgIpc) is 2.41. The Morgan fingerprint density at radius 1 is 1.32 bits per heavy atom. The maximum absolute atomic E-state index is 6.21. The zero-order chi connectivity index (χ0) is 13.8. The minimum atomic E-state index is 0.163. The second-order valence-electron chi connectivity index (χ2n) is 5.80. The van der Waals surface area contributed by atoms with Crippen LogP contribution in [-0.2, 0) is 0 Å². The monoisotopic (exact) mass is 262 g/mol. The fourth-order valence-corrected chi connectivity index (χ4v) is 2.75. The third-order valence-corrected chi connectivity index (χ3v) is 4.15. The van der Waals surface area contributed by atoms with Crippen LogP contribution in [0.25, 0.3) is 0 Å². The van der Waals surface area contributed by atoms with Crippen molar-refractivity contribution in [2.75, 3.05) is 19.0 Å². The number of benzene rings is 1. The molecule has 1 fully saturated rings. The largest absolute Gasteiger partial charge is 0.489 e. The van der Waals surface area contributed by atoms with Crippen LogP contribution in [0.1, 0.15) is 32.6 Å². The molecule has 0 aromatic heterocycles. The van der Waals surface area contributed by atoms with E-state index in [9.17, 15) is 0 Å². The Labute approximate surface area is 116 Å². The van der Waals surface area contributed by atoms with Gasteiger partial charge in [-0.05, 0) is 37.3 Å². The van der Waals surface area contributed by atoms with E-state index >= 15 is 0 Å². The van der Waals surface area contributed by atoms with Crippen LogP contribution in [0.2, 0.25) is 0 Å². The van der Waals surface area contributed by atoms with Crippen molar-refractivity contribution < 1.29 is 4.74 Å². The van der Waals surface area contributed by atoms with Gasteiger partial charge in [-0.1, -0.05) is 19.4 Å². The Bertz CT molecular complexity index is 405. The second kappa shape index (κ2) is 6.29. The molecule has 3 atom stereocenters. The number of anilines is 1. The molecule has 19 heavy (non-hydrogen) atoms. The van der Waals surface area contributed by atoms with E-state index in [1.807, 2.05) is 26.2 Å². The van der Waals surface area contributed by atoms with Gasteiger partial charge in [0.1, 0.15) is 11.9 Å². The highest BCUT2D eigenvalue weighted by atomic mass is 16.5. The van der Waals surface area contributed by atoms with Gasteiger partial charge < -0.3 is 15.4 Å². The summed E-state index contributed by atoms with van der Waals surface area (Å²) >= 11 is 0. The van der Waals surface area contributed by atoms with Gasteiger partial charge in [0, 0.05) is 31.9 Å². The lowest BCUT2D eigenvalue weighted by Crippen LogP contribution is -2.43. The Hall–Kier alpha value is -1.22. The van der Waals surface area contributed by atoms with Crippen LogP contribution in [0, 0.1) is 5.92 Å². The molecule has 3 nitrogen and oxygen atoms in total. The van der Waals surface area contributed by atoms with Gasteiger partial charge in [-0.2, -0.15) is 0 Å². The highest BCUT2D eigenvalue weighted by Gasteiger charge is 2.28. The zero-order valence-electron chi connectivity index (χ0n) is 12.3. The van der Waals surface area contributed by atoms with Crippen LogP contribution in [0.15, 0.2) is 24.3 Å². The molecule has 0 bridgehead atoms. The Kier molecular flexibility index (Phi) is 4.70. The molecule has 2 rings (SSSR count). The van der Waals surface area contributed by atoms with Crippen LogP contribution in [0.3, 0.4) is 0 Å². The molecule has 3 heteroatoms. The number of ether oxygens (including phenoxy) is 1. The van der Waals surface area contributed by atoms with Crippen LogP contribution in [0.4, 0.5) is 5.69 Å². The summed E-state index contributed by atoms with van der Waals surface area (Å²) in [5.41, 5.74) is 7.37. The van der Waals surface area contributed by atoms with Crippen LogP contribution in [-0.4, -0.2) is 26.2 Å². The van der Waals surface area contributed by atoms with Crippen LogP contribution < -0.4 is 15.4 Å². The number of nitrogens with zero attached hydrogens (tertiary/aromatic N) is 1. The van der Waals surface area contributed by atoms with Gasteiger partial charge in [-0.3, -0.25) is 0 Å². The minimum Gasteiger partial charge on any atom is -0.489 e. The number of hydrogen-bond donors (Lipinski definition) is 1. The Morgan fingerprint density at radius 2 is 2.11 bits per heavy atom. The van der Waals surface area contributed by atoms with E-state index in [-0.39, 0.29) is 12.1 Å². The summed E-state index contributed by atoms with van der Waals surface area (Å²) in [6.45, 7) is 2.26. The maximum atomic E-state index is 6.21. The standard InChI is InChI=1S/C16H26N2O/c1-4-12-8-9-15(17)16(10-12)19-14-7-5-6-13(11-14)18(2)3/h5-7,11-12,15-16H,4,8-10,17H2,1-3H3. The highest BCUT2D eigenvalue weighted by molar-refractivity contribution is 5.49. The number of nitrogens with two attached hydrogens (primary N) is 1. The summed E-state index contributed by atoms with van der Waals surface area (Å²) in [6.07, 6.45) is 4.80. The summed E-state index contributed by atoms with van der Waals surface area (Å²) in [5, 5.41) is 0. The molecule has 1 saturated carbocycles. The first-order valence-corrected chi connectivity index (χ1v) is 7.29. The molecule has 0 spiro atoms. The van der Waals surface area contributed by atoms with Gasteiger partial charge in [0.2, 0.25) is 0 Å². The molecule has 0 aliphatic heterocycles. The molecule has 3 unspecified atom stereocenters. The molecular weight excluding hydrogens is 236 g/mol. The highest BCUT2D eigenvalue weighted by Crippen LogP contribution is 2.30. The molecular formula is C16H26N2O. The molecule has 0 amide bonds. The van der Waals surface area contributed by atoms with E-state index in [0.29, 0.717) is 0 Å². The fraction of sp³-hybridized carbons (Fsp3) is 0.625. The van der Waals surface area contributed by atoms with Crippen LogP contribution in [0.5, 0.6) is 5.75 Å². The van der Waals surface area contributed by atoms with E-state index in [1.54, 1.807) is 0 Å². The molecule has 2 N–H and O–H groups in total. The van der Waals surface area contributed by atoms with Crippen LogP contribution >= 0.6 is 0 Å². The fourth-order valence-electron chi connectivity index (χ4n) is 2.75. The third kappa shape index (κ3) is 3.63. The molecule has 0 saturated heterocycles. The zero-order valence-corrected chi connectivity index (χ0v) is 12.3. The Balaban J connectivity index is 2.04. The third-order valence-electron chi connectivity index (χ3n) is 4.15. The van der Waals surface area contributed by atoms with Crippen molar-refractivity contribution >= 4 is 5.69 Å². The molecule has 1 aliphatic carbocycles. The minimum absolute atomic E-state index is 0.163. The van der Waals surface area contributed by atoms with Crippen molar-refractivity contribution in [1.29, 1.82) is 0 Å². The summed E-state index contributed by atoms with van der Waals surface area (Å²) in [7, 11) is 4.08. The van der Waals surface area contributed by atoms with Crippen molar-refractivity contribution in [3.8, 4) is 5.75 Å². The lowest BCUT2D eigenvalue weighted by atomic mass is 9.83. The quantitative estimate of drug-likeness (QED) is 0.906. The summed E-state index contributed by atoms with van der Waals surface area (Å²) < 4.78 is 6.14. The second-order valence-corrected chi connectivity index (χ2v) is 5.80. The molecule has 106 valence electrons. The van der Waals surface area contributed by atoms with Crippen molar-refractivity contribution in [1.82, 2.24) is 0 Å². The SMILES string of the molecule is CCC1CCC(N)C(Oc2cccc(N(C)C)c2)C1. The molecule has 0 radical (unpaired) electrons. The smallest absolute Gasteiger partial charge is 0.121 e. The van der Waals surface area contributed by atoms with E-state index in [0.717, 1.165) is 30.2 Å². The topological polar surface area (TPSA) is 38.5 Å². The molecule has 1 aliphatic rings. The number of rotatable bonds is 4. The van der Waals surface area contributed by atoms with Gasteiger partial charge >= 0.3 is 0 Å². The normalized spacial score (nSPS) is 27.1. The maximum Gasteiger partial charge on any atom is 0.121 e. The first-order chi connectivity index (χ1) is 9.10. The first-order valence-electron chi connectivity index (χ1n) is 7.29. The van der Waals surface area contributed by atoms with Crippen molar-refractivity contribution in [2.45, 2.75) is 44.8 Å². The van der Waals surface area contributed by atoms with Gasteiger partial charge in [0.25, 0.3) is 0 Å². The molecule has 1 aromatic rings. The van der Waals surface area contributed by atoms with Gasteiger partial charge in [0.15, 0.2) is 0 Å².